The number of benzene rings is 2. The Labute approximate surface area is 174 Å². The van der Waals surface area contributed by atoms with Crippen LogP contribution in [0.1, 0.15) is 27.9 Å². The van der Waals surface area contributed by atoms with E-state index < -0.39 is 30.3 Å². The van der Waals surface area contributed by atoms with Crippen LogP contribution in [-0.4, -0.2) is 41.9 Å². The number of hydrogen-bond donors (Lipinski definition) is 2. The second-order valence-corrected chi connectivity index (χ2v) is 7.24. The first-order valence-electron chi connectivity index (χ1n) is 9.53. The largest absolute Gasteiger partial charge is 0.455 e. The summed E-state index contributed by atoms with van der Waals surface area (Å²) in [4.78, 5) is 48.6. The number of esters is 1. The van der Waals surface area contributed by atoms with Crippen molar-refractivity contribution in [3.05, 3.63) is 65.2 Å². The highest BCUT2D eigenvalue weighted by Crippen LogP contribution is 2.18. The SMILES string of the molecule is Cc1ccc(C(=O)NN2C[C@@H](C(=O)OCC(=O)Nc3cccc(C)c3)CC2=O)cc1. The van der Waals surface area contributed by atoms with Crippen LogP contribution in [0, 0.1) is 19.8 Å². The van der Waals surface area contributed by atoms with Crippen LogP contribution in [0.3, 0.4) is 0 Å². The standard InChI is InChI=1S/C22H23N3O5/c1-14-6-8-16(9-7-14)21(28)24-25-12-17(11-20(25)27)22(29)30-13-19(26)23-18-5-3-4-15(2)10-18/h3-10,17H,11-13H2,1-2H3,(H,23,26)(H,24,28)/t17-/m0/s1. The number of anilines is 1. The Bertz CT molecular complexity index is 971. The fourth-order valence-corrected chi connectivity index (χ4v) is 3.04. The number of carbonyl (C=O) groups excluding carboxylic acids is 4. The van der Waals surface area contributed by atoms with Crippen molar-refractivity contribution in [1.29, 1.82) is 0 Å². The highest BCUT2D eigenvalue weighted by atomic mass is 16.5. The fourth-order valence-electron chi connectivity index (χ4n) is 3.04. The van der Waals surface area contributed by atoms with Crippen molar-refractivity contribution in [1.82, 2.24) is 10.4 Å². The maximum Gasteiger partial charge on any atom is 0.311 e. The molecule has 1 heterocycles. The molecule has 1 saturated heterocycles. The van der Waals surface area contributed by atoms with Gasteiger partial charge in [0.1, 0.15) is 0 Å². The Morgan fingerprint density at radius 1 is 1.07 bits per heavy atom. The molecule has 8 nitrogen and oxygen atoms in total. The number of hydrazine groups is 1. The monoisotopic (exact) mass is 409 g/mol. The Hall–Kier alpha value is -3.68. The molecule has 156 valence electrons. The lowest BCUT2D eigenvalue weighted by atomic mass is 10.1. The van der Waals surface area contributed by atoms with E-state index in [0.29, 0.717) is 11.3 Å². The van der Waals surface area contributed by atoms with Crippen molar-refractivity contribution in [3.8, 4) is 0 Å². The first-order chi connectivity index (χ1) is 14.3. The van der Waals surface area contributed by atoms with E-state index in [1.165, 1.54) is 0 Å². The Morgan fingerprint density at radius 2 is 1.80 bits per heavy atom. The van der Waals surface area contributed by atoms with Crippen LogP contribution in [0.15, 0.2) is 48.5 Å². The molecule has 0 unspecified atom stereocenters. The van der Waals surface area contributed by atoms with Crippen LogP contribution in [-0.2, 0) is 19.1 Å². The molecule has 0 spiro atoms. The number of carbonyl (C=O) groups is 4. The van der Waals surface area contributed by atoms with Gasteiger partial charge in [0, 0.05) is 17.7 Å². The number of ether oxygens (including phenoxy) is 1. The van der Waals surface area contributed by atoms with Gasteiger partial charge in [-0.2, -0.15) is 0 Å². The van der Waals surface area contributed by atoms with Gasteiger partial charge in [0.15, 0.2) is 6.61 Å². The van der Waals surface area contributed by atoms with Crippen LogP contribution in [0.25, 0.3) is 0 Å². The molecule has 1 atom stereocenters. The summed E-state index contributed by atoms with van der Waals surface area (Å²) in [5.41, 5.74) is 5.53. The van der Waals surface area contributed by atoms with Crippen LogP contribution in [0.2, 0.25) is 0 Å². The molecule has 0 radical (unpaired) electrons. The minimum Gasteiger partial charge on any atom is -0.455 e. The van der Waals surface area contributed by atoms with E-state index in [9.17, 15) is 19.2 Å². The lowest BCUT2D eigenvalue weighted by Crippen LogP contribution is -2.43. The van der Waals surface area contributed by atoms with Crippen molar-refractivity contribution in [2.45, 2.75) is 20.3 Å². The molecule has 8 heteroatoms. The third-order valence-corrected chi connectivity index (χ3v) is 4.66. The van der Waals surface area contributed by atoms with Crippen molar-refractivity contribution in [2.75, 3.05) is 18.5 Å². The summed E-state index contributed by atoms with van der Waals surface area (Å²) in [6.45, 7) is 3.35. The van der Waals surface area contributed by atoms with Crippen molar-refractivity contribution in [3.63, 3.8) is 0 Å². The van der Waals surface area contributed by atoms with Gasteiger partial charge in [-0.15, -0.1) is 0 Å². The van der Waals surface area contributed by atoms with Crippen molar-refractivity contribution in [2.24, 2.45) is 5.92 Å². The smallest absolute Gasteiger partial charge is 0.311 e. The minimum absolute atomic E-state index is 0.00519. The van der Waals surface area contributed by atoms with Crippen LogP contribution in [0.4, 0.5) is 5.69 Å². The summed E-state index contributed by atoms with van der Waals surface area (Å²) >= 11 is 0. The molecule has 2 aromatic carbocycles. The summed E-state index contributed by atoms with van der Waals surface area (Å²) in [6.07, 6.45) is -0.0908. The van der Waals surface area contributed by atoms with Crippen LogP contribution in [0.5, 0.6) is 0 Å². The van der Waals surface area contributed by atoms with Crippen LogP contribution >= 0.6 is 0 Å². The molecule has 1 fully saturated rings. The second-order valence-electron chi connectivity index (χ2n) is 7.24. The van der Waals surface area contributed by atoms with Crippen molar-refractivity contribution >= 4 is 29.4 Å². The predicted octanol–water partition coefficient (Wildman–Crippen LogP) is 1.98. The highest BCUT2D eigenvalue weighted by molar-refractivity contribution is 5.97. The Kier molecular flexibility index (Phi) is 6.46. The summed E-state index contributed by atoms with van der Waals surface area (Å²) < 4.78 is 5.05. The zero-order chi connectivity index (χ0) is 21.7. The fraction of sp³-hybridized carbons (Fsp3) is 0.273. The lowest BCUT2D eigenvalue weighted by molar-refractivity contribution is -0.151. The summed E-state index contributed by atoms with van der Waals surface area (Å²) in [5, 5.41) is 3.76. The normalized spacial score (nSPS) is 15.6. The van der Waals surface area contributed by atoms with Gasteiger partial charge >= 0.3 is 5.97 Å². The number of amides is 3. The van der Waals surface area contributed by atoms with Gasteiger partial charge in [-0.1, -0.05) is 29.8 Å². The molecule has 2 aromatic rings. The van der Waals surface area contributed by atoms with Gasteiger partial charge in [-0.25, -0.2) is 0 Å². The first-order valence-corrected chi connectivity index (χ1v) is 9.53. The van der Waals surface area contributed by atoms with E-state index in [1.54, 1.807) is 42.5 Å². The van der Waals surface area contributed by atoms with Gasteiger partial charge < -0.3 is 10.1 Å². The lowest BCUT2D eigenvalue weighted by Gasteiger charge is -2.17. The molecule has 3 rings (SSSR count). The summed E-state index contributed by atoms with van der Waals surface area (Å²) in [6, 6.07) is 14.1. The molecule has 3 amide bonds. The number of rotatable bonds is 6. The summed E-state index contributed by atoms with van der Waals surface area (Å²) in [7, 11) is 0. The van der Waals surface area contributed by atoms with E-state index in [2.05, 4.69) is 10.7 Å². The molecule has 1 aliphatic rings. The number of aryl methyl sites for hydroxylation is 2. The predicted molar refractivity (Wildman–Crippen MR) is 109 cm³/mol. The maximum absolute atomic E-state index is 12.3. The average Bonchev–Trinajstić information content (AvgIpc) is 3.07. The quantitative estimate of drug-likeness (QED) is 0.710. The number of hydrogen-bond acceptors (Lipinski definition) is 5. The zero-order valence-electron chi connectivity index (χ0n) is 16.8. The second kappa shape index (κ2) is 9.21. The molecular formula is C22H23N3O5. The molecule has 30 heavy (non-hydrogen) atoms. The van der Waals surface area contributed by atoms with E-state index in [1.807, 2.05) is 19.9 Å². The molecule has 2 N–H and O–H groups in total. The average molecular weight is 409 g/mol. The van der Waals surface area contributed by atoms with Gasteiger partial charge in [0.2, 0.25) is 5.91 Å². The van der Waals surface area contributed by atoms with Crippen molar-refractivity contribution < 1.29 is 23.9 Å². The molecule has 1 aliphatic heterocycles. The third kappa shape index (κ3) is 5.44. The maximum atomic E-state index is 12.3. The van der Waals surface area contributed by atoms with Crippen LogP contribution < -0.4 is 10.7 Å². The van der Waals surface area contributed by atoms with E-state index in [0.717, 1.165) is 16.1 Å². The Morgan fingerprint density at radius 3 is 2.50 bits per heavy atom. The van der Waals surface area contributed by atoms with Gasteiger partial charge in [0.25, 0.3) is 11.8 Å². The highest BCUT2D eigenvalue weighted by Gasteiger charge is 2.36. The van der Waals surface area contributed by atoms with E-state index in [-0.39, 0.29) is 18.9 Å². The van der Waals surface area contributed by atoms with E-state index in [4.69, 9.17) is 4.74 Å². The first kappa shape index (κ1) is 21.0. The molecular weight excluding hydrogens is 386 g/mol. The van der Waals surface area contributed by atoms with Gasteiger partial charge in [-0.05, 0) is 43.7 Å². The Balaban J connectivity index is 1.47. The zero-order valence-corrected chi connectivity index (χ0v) is 16.8. The minimum atomic E-state index is -0.748. The van der Waals surface area contributed by atoms with E-state index >= 15 is 0 Å². The molecule has 0 aliphatic carbocycles. The molecule has 0 aromatic heterocycles. The summed E-state index contributed by atoms with van der Waals surface area (Å²) in [5.74, 6) is -2.70. The third-order valence-electron chi connectivity index (χ3n) is 4.66. The van der Waals surface area contributed by atoms with Gasteiger partial charge in [-0.3, -0.25) is 29.6 Å². The molecule has 0 bridgehead atoms. The molecule has 0 saturated carbocycles. The number of nitrogens with zero attached hydrogens (tertiary/aromatic N) is 1. The van der Waals surface area contributed by atoms with Gasteiger partial charge in [0.05, 0.1) is 12.5 Å². The number of nitrogens with one attached hydrogen (secondary N) is 2. The topological polar surface area (TPSA) is 105 Å².